The zero-order valence-corrected chi connectivity index (χ0v) is 11.9. The third-order valence-corrected chi connectivity index (χ3v) is 3.76. The summed E-state index contributed by atoms with van der Waals surface area (Å²) in [5.41, 5.74) is 1.01. The predicted molar refractivity (Wildman–Crippen MR) is 73.3 cm³/mol. The molecule has 19 heavy (non-hydrogen) atoms. The van der Waals surface area contributed by atoms with E-state index < -0.39 is 0 Å². The average Bonchev–Trinajstić information content (AvgIpc) is 2.96. The second kappa shape index (κ2) is 5.79. The molecule has 2 aromatic rings. The molecule has 102 valence electrons. The van der Waals surface area contributed by atoms with Gasteiger partial charge in [-0.1, -0.05) is 6.92 Å². The molecular formula is C11H16N6OS. The number of hydrogen-bond acceptors (Lipinski definition) is 5. The molecule has 2 N–H and O–H groups in total. The molecule has 0 spiro atoms. The second-order valence-corrected chi connectivity index (χ2v) is 5.16. The zero-order chi connectivity index (χ0) is 13.8. The van der Waals surface area contributed by atoms with E-state index in [4.69, 9.17) is 0 Å². The van der Waals surface area contributed by atoms with Crippen molar-refractivity contribution in [3.8, 4) is 0 Å². The van der Waals surface area contributed by atoms with Gasteiger partial charge in [0.1, 0.15) is 6.33 Å². The first kappa shape index (κ1) is 13.5. The maximum Gasteiger partial charge on any atom is 0.321 e. The van der Waals surface area contributed by atoms with Crippen molar-refractivity contribution in [1.29, 1.82) is 0 Å². The van der Waals surface area contributed by atoms with Crippen molar-refractivity contribution >= 4 is 23.3 Å². The van der Waals surface area contributed by atoms with E-state index in [1.807, 2.05) is 19.2 Å². The van der Waals surface area contributed by atoms with Crippen LogP contribution in [-0.4, -0.2) is 32.3 Å². The fraction of sp³-hybridized carbons (Fsp3) is 0.455. The first-order valence-electron chi connectivity index (χ1n) is 5.87. The van der Waals surface area contributed by atoms with Crippen LogP contribution in [0, 0.1) is 6.92 Å². The Balaban J connectivity index is 1.82. The summed E-state index contributed by atoms with van der Waals surface area (Å²) < 4.78 is 1.49. The largest absolute Gasteiger partial charge is 0.337 e. The molecule has 0 aliphatic carbocycles. The Bertz CT molecular complexity index is 563. The number of anilines is 1. The Morgan fingerprint density at radius 2 is 2.37 bits per heavy atom. The fourth-order valence-corrected chi connectivity index (χ4v) is 2.34. The zero-order valence-electron chi connectivity index (χ0n) is 11.0. The Labute approximate surface area is 115 Å². The Morgan fingerprint density at radius 1 is 1.58 bits per heavy atom. The minimum Gasteiger partial charge on any atom is -0.337 e. The van der Waals surface area contributed by atoms with Gasteiger partial charge in [-0.25, -0.2) is 14.5 Å². The lowest BCUT2D eigenvalue weighted by molar-refractivity contribution is 0.251. The maximum atomic E-state index is 11.7. The standard InChI is InChI=1S/C11H16N6OS/c1-7(9-15-8(2)5-19-9)4-12-11(18)16-10-13-6-14-17(10)3/h5-7H,4H2,1-3H3,(H2,12,13,14,16,18)/t7-/m1/s1. The van der Waals surface area contributed by atoms with Crippen LogP contribution in [0.4, 0.5) is 10.7 Å². The molecule has 2 heterocycles. The number of aryl methyl sites for hydroxylation is 2. The van der Waals surface area contributed by atoms with Gasteiger partial charge in [-0.3, -0.25) is 5.32 Å². The lowest BCUT2D eigenvalue weighted by Gasteiger charge is -2.10. The second-order valence-electron chi connectivity index (χ2n) is 4.27. The molecule has 2 amide bonds. The van der Waals surface area contributed by atoms with Gasteiger partial charge in [0.05, 0.1) is 5.01 Å². The molecule has 0 saturated carbocycles. The number of amides is 2. The average molecular weight is 280 g/mol. The summed E-state index contributed by atoms with van der Waals surface area (Å²) in [5.74, 6) is 0.596. The first-order valence-corrected chi connectivity index (χ1v) is 6.75. The number of carbonyl (C=O) groups excluding carboxylic acids is 1. The number of urea groups is 1. The topological polar surface area (TPSA) is 84.7 Å². The first-order chi connectivity index (χ1) is 9.06. The van der Waals surface area contributed by atoms with Crippen LogP contribution in [0.15, 0.2) is 11.7 Å². The number of nitrogens with zero attached hydrogens (tertiary/aromatic N) is 4. The van der Waals surface area contributed by atoms with Gasteiger partial charge < -0.3 is 5.32 Å². The van der Waals surface area contributed by atoms with Crippen LogP contribution in [0.25, 0.3) is 0 Å². The van der Waals surface area contributed by atoms with E-state index in [0.29, 0.717) is 12.5 Å². The molecule has 1 atom stereocenters. The normalized spacial score (nSPS) is 12.2. The van der Waals surface area contributed by atoms with Crippen LogP contribution >= 0.6 is 11.3 Å². The fourth-order valence-electron chi connectivity index (χ4n) is 1.49. The Hall–Kier alpha value is -1.96. The maximum absolute atomic E-state index is 11.7. The van der Waals surface area contributed by atoms with Crippen LogP contribution in [0.1, 0.15) is 23.5 Å². The smallest absolute Gasteiger partial charge is 0.321 e. The van der Waals surface area contributed by atoms with Crippen LogP contribution in [0.5, 0.6) is 0 Å². The van der Waals surface area contributed by atoms with E-state index in [0.717, 1.165) is 10.7 Å². The molecule has 0 radical (unpaired) electrons. The monoisotopic (exact) mass is 280 g/mol. The molecule has 0 fully saturated rings. The van der Waals surface area contributed by atoms with Gasteiger partial charge in [0.15, 0.2) is 0 Å². The lowest BCUT2D eigenvalue weighted by atomic mass is 10.2. The summed E-state index contributed by atoms with van der Waals surface area (Å²) in [6, 6.07) is -0.295. The molecule has 2 rings (SSSR count). The number of carbonyl (C=O) groups is 1. The molecule has 8 heteroatoms. The van der Waals surface area contributed by atoms with Gasteiger partial charge in [-0.15, -0.1) is 11.3 Å². The summed E-state index contributed by atoms with van der Waals surface area (Å²) in [7, 11) is 1.71. The number of thiazole rings is 1. The summed E-state index contributed by atoms with van der Waals surface area (Å²) in [5, 5.41) is 12.3. The minimum absolute atomic E-state index is 0.184. The summed E-state index contributed by atoms with van der Waals surface area (Å²) in [4.78, 5) is 20.0. The van der Waals surface area contributed by atoms with E-state index in [1.165, 1.54) is 11.0 Å². The molecule has 0 bridgehead atoms. The van der Waals surface area contributed by atoms with Crippen molar-refractivity contribution in [1.82, 2.24) is 25.1 Å². The van der Waals surface area contributed by atoms with E-state index >= 15 is 0 Å². The summed E-state index contributed by atoms with van der Waals surface area (Å²) >= 11 is 1.61. The van der Waals surface area contributed by atoms with Gasteiger partial charge in [0.25, 0.3) is 0 Å². The van der Waals surface area contributed by atoms with Crippen molar-refractivity contribution in [3.05, 3.63) is 22.4 Å². The third-order valence-electron chi connectivity index (χ3n) is 2.56. The van der Waals surface area contributed by atoms with Crippen LogP contribution < -0.4 is 10.6 Å². The number of hydrogen-bond donors (Lipinski definition) is 2. The molecule has 0 saturated heterocycles. The summed E-state index contributed by atoms with van der Waals surface area (Å²) in [6.07, 6.45) is 1.39. The number of nitrogens with one attached hydrogen (secondary N) is 2. The van der Waals surface area contributed by atoms with Crippen molar-refractivity contribution in [3.63, 3.8) is 0 Å². The SMILES string of the molecule is Cc1csc([C@H](C)CNC(=O)Nc2ncnn2C)n1. The predicted octanol–water partition coefficient (Wildman–Crippen LogP) is 1.51. The Morgan fingerprint density at radius 3 is 2.95 bits per heavy atom. The minimum atomic E-state index is -0.295. The molecule has 2 aromatic heterocycles. The van der Waals surface area contributed by atoms with E-state index in [2.05, 4.69) is 25.7 Å². The molecule has 0 unspecified atom stereocenters. The summed E-state index contributed by atoms with van der Waals surface area (Å²) in [6.45, 7) is 4.51. The van der Waals surface area contributed by atoms with Gasteiger partial charge in [-0.2, -0.15) is 10.1 Å². The highest BCUT2D eigenvalue weighted by Gasteiger charge is 2.12. The van der Waals surface area contributed by atoms with Crippen molar-refractivity contribution < 1.29 is 4.79 Å². The molecule has 0 aromatic carbocycles. The quantitative estimate of drug-likeness (QED) is 0.889. The Kier molecular flexibility index (Phi) is 4.10. The van der Waals surface area contributed by atoms with Crippen LogP contribution in [0.2, 0.25) is 0 Å². The van der Waals surface area contributed by atoms with Crippen molar-refractivity contribution in [2.24, 2.45) is 7.05 Å². The van der Waals surface area contributed by atoms with Gasteiger partial charge in [0, 0.05) is 30.6 Å². The van der Waals surface area contributed by atoms with E-state index in [1.54, 1.807) is 18.4 Å². The molecule has 0 aliphatic rings. The van der Waals surface area contributed by atoms with Gasteiger partial charge >= 0.3 is 6.03 Å². The lowest BCUT2D eigenvalue weighted by Crippen LogP contribution is -2.32. The highest BCUT2D eigenvalue weighted by Crippen LogP contribution is 2.18. The van der Waals surface area contributed by atoms with Gasteiger partial charge in [0.2, 0.25) is 5.95 Å². The van der Waals surface area contributed by atoms with Crippen molar-refractivity contribution in [2.75, 3.05) is 11.9 Å². The van der Waals surface area contributed by atoms with Crippen LogP contribution in [-0.2, 0) is 7.05 Å². The number of rotatable bonds is 4. The highest BCUT2D eigenvalue weighted by atomic mass is 32.1. The van der Waals surface area contributed by atoms with E-state index in [-0.39, 0.29) is 11.9 Å². The molecular weight excluding hydrogens is 264 g/mol. The molecule has 0 aliphatic heterocycles. The van der Waals surface area contributed by atoms with E-state index in [9.17, 15) is 4.79 Å². The van der Waals surface area contributed by atoms with Crippen molar-refractivity contribution in [2.45, 2.75) is 19.8 Å². The molecule has 7 nitrogen and oxygen atoms in total. The number of aromatic nitrogens is 4. The third kappa shape index (κ3) is 3.50. The van der Waals surface area contributed by atoms with Crippen LogP contribution in [0.3, 0.4) is 0 Å². The van der Waals surface area contributed by atoms with Gasteiger partial charge in [-0.05, 0) is 6.92 Å². The highest BCUT2D eigenvalue weighted by molar-refractivity contribution is 7.09.